The van der Waals surface area contributed by atoms with Gasteiger partial charge in [0.25, 0.3) is 5.91 Å². The number of aryl methyl sites for hydroxylation is 1. The highest BCUT2D eigenvalue weighted by Crippen LogP contribution is 2.34. The Balaban J connectivity index is 1.51. The first-order chi connectivity index (χ1) is 12.7. The van der Waals surface area contributed by atoms with Gasteiger partial charge >= 0.3 is 0 Å². The Hall–Kier alpha value is -1.92. The van der Waals surface area contributed by atoms with Gasteiger partial charge in [0, 0.05) is 30.6 Å². The van der Waals surface area contributed by atoms with E-state index in [0.29, 0.717) is 12.2 Å². The molecule has 1 aliphatic carbocycles. The third kappa shape index (κ3) is 3.35. The van der Waals surface area contributed by atoms with E-state index in [1.54, 1.807) is 0 Å². The molecule has 2 aromatic rings. The Morgan fingerprint density at radius 1 is 1.27 bits per heavy atom. The lowest BCUT2D eigenvalue weighted by atomic mass is 9.79. The lowest BCUT2D eigenvalue weighted by Gasteiger charge is -2.48. The van der Waals surface area contributed by atoms with Crippen LogP contribution >= 0.6 is 0 Å². The number of aromatic nitrogens is 2. The third-order valence-electron chi connectivity index (χ3n) is 5.98. The maximum atomic E-state index is 12.9. The van der Waals surface area contributed by atoms with Crippen molar-refractivity contribution < 1.29 is 9.53 Å². The fraction of sp³-hybridized carbons (Fsp3) is 0.600. The summed E-state index contributed by atoms with van der Waals surface area (Å²) in [5, 5.41) is 11.3. The highest BCUT2D eigenvalue weighted by Gasteiger charge is 2.39. The van der Waals surface area contributed by atoms with E-state index >= 15 is 0 Å². The Labute approximate surface area is 154 Å². The monoisotopic (exact) mass is 356 g/mol. The Kier molecular flexibility index (Phi) is 4.96. The van der Waals surface area contributed by atoms with Crippen LogP contribution in [0.5, 0.6) is 0 Å². The molecule has 0 radical (unpaired) electrons. The maximum absolute atomic E-state index is 12.9. The van der Waals surface area contributed by atoms with Gasteiger partial charge in [-0.2, -0.15) is 5.10 Å². The van der Waals surface area contributed by atoms with Gasteiger partial charge in [-0.1, -0.05) is 30.9 Å². The summed E-state index contributed by atoms with van der Waals surface area (Å²) in [6, 6.07) is 6.02. The quantitative estimate of drug-likeness (QED) is 0.884. The zero-order valence-corrected chi connectivity index (χ0v) is 15.5. The topological polar surface area (TPSA) is 70.2 Å². The van der Waals surface area contributed by atoms with Crippen LogP contribution in [0.4, 0.5) is 0 Å². The van der Waals surface area contributed by atoms with E-state index in [-0.39, 0.29) is 11.4 Å². The number of benzene rings is 1. The van der Waals surface area contributed by atoms with E-state index in [9.17, 15) is 4.79 Å². The summed E-state index contributed by atoms with van der Waals surface area (Å²) in [5.41, 5.74) is 2.60. The van der Waals surface area contributed by atoms with Crippen LogP contribution in [-0.4, -0.2) is 59.4 Å². The Morgan fingerprint density at radius 2 is 2.04 bits per heavy atom. The number of amides is 1. The highest BCUT2D eigenvalue weighted by atomic mass is 16.5. The smallest absolute Gasteiger partial charge is 0.272 e. The molecule has 1 saturated heterocycles. The number of aromatic amines is 1. The standard InChI is InChI=1S/C20H28N4O2/c1-15-5-6-17-16(13-15)18(23-22-17)19(25)21-14-20(7-3-2-4-8-20)24-9-11-26-12-10-24/h5-6,13H,2-4,7-12,14H2,1H3,(H,21,25)(H,22,23). The molecule has 1 aromatic carbocycles. The molecule has 6 heteroatoms. The second-order valence-electron chi connectivity index (χ2n) is 7.69. The number of ether oxygens (including phenoxy) is 1. The van der Waals surface area contributed by atoms with Crippen molar-refractivity contribution >= 4 is 16.8 Å². The van der Waals surface area contributed by atoms with Gasteiger partial charge in [0.15, 0.2) is 5.69 Å². The highest BCUT2D eigenvalue weighted by molar-refractivity contribution is 6.04. The van der Waals surface area contributed by atoms with Crippen LogP contribution < -0.4 is 5.32 Å². The number of nitrogens with one attached hydrogen (secondary N) is 2. The lowest BCUT2D eigenvalue weighted by Crippen LogP contribution is -2.59. The fourth-order valence-electron chi connectivity index (χ4n) is 4.48. The molecule has 26 heavy (non-hydrogen) atoms. The van der Waals surface area contributed by atoms with Crippen LogP contribution in [-0.2, 0) is 4.74 Å². The van der Waals surface area contributed by atoms with E-state index in [4.69, 9.17) is 4.74 Å². The molecule has 2 fully saturated rings. The van der Waals surface area contributed by atoms with Gasteiger partial charge in [-0.15, -0.1) is 0 Å². The number of H-pyrrole nitrogens is 1. The number of morpholine rings is 1. The van der Waals surface area contributed by atoms with Gasteiger partial charge in [-0.05, 0) is 31.9 Å². The number of hydrogen-bond donors (Lipinski definition) is 2. The van der Waals surface area contributed by atoms with E-state index in [2.05, 4.69) is 20.4 Å². The number of hydrogen-bond acceptors (Lipinski definition) is 4. The van der Waals surface area contributed by atoms with Crippen molar-refractivity contribution in [1.82, 2.24) is 20.4 Å². The van der Waals surface area contributed by atoms with Gasteiger partial charge in [0.05, 0.1) is 18.7 Å². The predicted octanol–water partition coefficient (Wildman–Crippen LogP) is 2.64. The molecule has 4 rings (SSSR count). The van der Waals surface area contributed by atoms with Crippen molar-refractivity contribution in [3.8, 4) is 0 Å². The zero-order chi connectivity index (χ0) is 18.0. The normalized spacial score (nSPS) is 21.0. The number of rotatable bonds is 4. The molecule has 1 aliphatic heterocycles. The fourth-order valence-corrected chi connectivity index (χ4v) is 4.48. The minimum absolute atomic E-state index is 0.0692. The second-order valence-corrected chi connectivity index (χ2v) is 7.69. The first kappa shape index (κ1) is 17.5. The summed E-state index contributed by atoms with van der Waals surface area (Å²) in [4.78, 5) is 15.4. The Morgan fingerprint density at radius 3 is 2.81 bits per heavy atom. The molecule has 1 aromatic heterocycles. The summed E-state index contributed by atoms with van der Waals surface area (Å²) < 4.78 is 5.54. The van der Waals surface area contributed by atoms with Crippen LogP contribution in [0.1, 0.15) is 48.2 Å². The van der Waals surface area contributed by atoms with Gasteiger partial charge in [-0.3, -0.25) is 14.8 Å². The van der Waals surface area contributed by atoms with Crippen molar-refractivity contribution in [2.24, 2.45) is 0 Å². The SMILES string of the molecule is Cc1ccc2[nH]nc(C(=O)NCC3(N4CCOCC4)CCCCC3)c2c1. The predicted molar refractivity (Wildman–Crippen MR) is 101 cm³/mol. The zero-order valence-electron chi connectivity index (χ0n) is 15.5. The number of nitrogens with zero attached hydrogens (tertiary/aromatic N) is 2. The van der Waals surface area contributed by atoms with Gasteiger partial charge < -0.3 is 10.1 Å². The number of fused-ring (bicyclic) bond motifs is 1. The minimum Gasteiger partial charge on any atom is -0.379 e. The van der Waals surface area contributed by atoms with E-state index < -0.39 is 0 Å². The molecular weight excluding hydrogens is 328 g/mol. The molecule has 0 bridgehead atoms. The molecule has 0 unspecified atom stereocenters. The van der Waals surface area contributed by atoms with Crippen LogP contribution in [0, 0.1) is 6.92 Å². The van der Waals surface area contributed by atoms with E-state index in [0.717, 1.165) is 55.6 Å². The van der Waals surface area contributed by atoms with Crippen LogP contribution in [0.3, 0.4) is 0 Å². The van der Waals surface area contributed by atoms with Crippen LogP contribution in [0.25, 0.3) is 10.9 Å². The first-order valence-electron chi connectivity index (χ1n) is 9.74. The molecule has 0 spiro atoms. The van der Waals surface area contributed by atoms with Gasteiger partial charge in [0.2, 0.25) is 0 Å². The molecule has 140 valence electrons. The van der Waals surface area contributed by atoms with E-state index in [1.165, 1.54) is 19.3 Å². The first-order valence-corrected chi connectivity index (χ1v) is 9.74. The third-order valence-corrected chi connectivity index (χ3v) is 5.98. The van der Waals surface area contributed by atoms with Crippen molar-refractivity contribution in [3.05, 3.63) is 29.5 Å². The molecule has 2 heterocycles. The summed E-state index contributed by atoms with van der Waals surface area (Å²) in [6.45, 7) is 6.22. The van der Waals surface area contributed by atoms with E-state index in [1.807, 2.05) is 25.1 Å². The summed E-state index contributed by atoms with van der Waals surface area (Å²) in [6.07, 6.45) is 6.06. The van der Waals surface area contributed by atoms with Crippen molar-refractivity contribution in [2.45, 2.75) is 44.6 Å². The molecule has 0 atom stereocenters. The Bertz CT molecular complexity index is 773. The minimum atomic E-state index is -0.0833. The molecular formula is C20H28N4O2. The molecule has 2 aliphatic rings. The van der Waals surface area contributed by atoms with Crippen molar-refractivity contribution in [1.29, 1.82) is 0 Å². The summed E-state index contributed by atoms with van der Waals surface area (Å²) >= 11 is 0. The van der Waals surface area contributed by atoms with Crippen molar-refractivity contribution in [2.75, 3.05) is 32.8 Å². The second kappa shape index (κ2) is 7.37. The van der Waals surface area contributed by atoms with Crippen LogP contribution in [0.15, 0.2) is 18.2 Å². The molecule has 1 amide bonds. The molecule has 6 nitrogen and oxygen atoms in total. The van der Waals surface area contributed by atoms with Crippen molar-refractivity contribution in [3.63, 3.8) is 0 Å². The average molecular weight is 356 g/mol. The van der Waals surface area contributed by atoms with Gasteiger partial charge in [0.1, 0.15) is 0 Å². The summed E-state index contributed by atoms with van der Waals surface area (Å²) in [7, 11) is 0. The summed E-state index contributed by atoms with van der Waals surface area (Å²) in [5.74, 6) is -0.0833. The maximum Gasteiger partial charge on any atom is 0.272 e. The van der Waals surface area contributed by atoms with Crippen LogP contribution in [0.2, 0.25) is 0 Å². The molecule has 2 N–H and O–H groups in total. The number of carbonyl (C=O) groups excluding carboxylic acids is 1. The lowest BCUT2D eigenvalue weighted by molar-refractivity contribution is -0.0361. The average Bonchev–Trinajstić information content (AvgIpc) is 3.11. The van der Waals surface area contributed by atoms with Gasteiger partial charge in [-0.25, -0.2) is 0 Å². The number of carbonyl (C=O) groups is 1. The molecule has 1 saturated carbocycles. The largest absolute Gasteiger partial charge is 0.379 e.